The Balaban J connectivity index is 1.99. The van der Waals surface area contributed by atoms with Gasteiger partial charge in [-0.25, -0.2) is 13.1 Å². The van der Waals surface area contributed by atoms with E-state index in [0.29, 0.717) is 34.8 Å². The van der Waals surface area contributed by atoms with Gasteiger partial charge in [0.15, 0.2) is 17.5 Å². The molecule has 1 heterocycles. The van der Waals surface area contributed by atoms with Crippen molar-refractivity contribution in [3.8, 4) is 11.5 Å². The summed E-state index contributed by atoms with van der Waals surface area (Å²) in [5.41, 5.74) is 0.777. The van der Waals surface area contributed by atoms with Crippen LogP contribution < -0.4 is 24.8 Å². The molecule has 0 amide bonds. The molecule has 3 N–H and O–H groups in total. The van der Waals surface area contributed by atoms with Crippen LogP contribution in [0.25, 0.3) is 0 Å². The maximum atomic E-state index is 12.3. The molecular weight excluding hydrogens is 412 g/mol. The number of aryl methyl sites for hydroxylation is 1. The number of thiophene rings is 1. The van der Waals surface area contributed by atoms with Gasteiger partial charge in [0.1, 0.15) is 4.21 Å². The Morgan fingerprint density at radius 3 is 2.59 bits per heavy atom. The van der Waals surface area contributed by atoms with E-state index >= 15 is 0 Å². The zero-order valence-corrected chi connectivity index (χ0v) is 18.7. The third kappa shape index (κ3) is 6.91. The minimum atomic E-state index is -3.50. The van der Waals surface area contributed by atoms with Crippen LogP contribution in [0.5, 0.6) is 11.5 Å². The van der Waals surface area contributed by atoms with Crippen LogP contribution in [0, 0.1) is 6.92 Å². The Labute approximate surface area is 176 Å². The van der Waals surface area contributed by atoms with Gasteiger partial charge in [-0.2, -0.15) is 0 Å². The van der Waals surface area contributed by atoms with Crippen molar-refractivity contribution in [2.24, 2.45) is 4.99 Å². The van der Waals surface area contributed by atoms with E-state index in [1.807, 2.05) is 39.0 Å². The summed E-state index contributed by atoms with van der Waals surface area (Å²) in [5, 5.41) is 6.32. The van der Waals surface area contributed by atoms with Gasteiger partial charge in [-0.15, -0.1) is 11.3 Å². The van der Waals surface area contributed by atoms with E-state index in [9.17, 15) is 8.42 Å². The second kappa shape index (κ2) is 11.0. The van der Waals surface area contributed by atoms with Gasteiger partial charge in [0, 0.05) is 29.7 Å². The zero-order valence-electron chi connectivity index (χ0n) is 17.1. The molecule has 0 atom stereocenters. The number of guanidine groups is 1. The molecule has 0 saturated heterocycles. The van der Waals surface area contributed by atoms with Gasteiger partial charge in [0.2, 0.25) is 10.0 Å². The first-order valence-corrected chi connectivity index (χ1v) is 11.6. The van der Waals surface area contributed by atoms with Crippen LogP contribution >= 0.6 is 11.3 Å². The number of hydrogen-bond donors (Lipinski definition) is 3. The van der Waals surface area contributed by atoms with Crippen molar-refractivity contribution in [2.45, 2.75) is 25.0 Å². The maximum Gasteiger partial charge on any atom is 0.250 e. The highest BCUT2D eigenvalue weighted by molar-refractivity contribution is 7.91. The van der Waals surface area contributed by atoms with Crippen molar-refractivity contribution >= 4 is 33.0 Å². The van der Waals surface area contributed by atoms with E-state index in [0.717, 1.165) is 10.6 Å². The van der Waals surface area contributed by atoms with E-state index in [1.165, 1.54) is 11.3 Å². The topological polar surface area (TPSA) is 101 Å². The monoisotopic (exact) mass is 440 g/mol. The number of anilines is 1. The van der Waals surface area contributed by atoms with Crippen LogP contribution in [0.1, 0.15) is 18.7 Å². The molecule has 0 unspecified atom stereocenters. The first kappa shape index (κ1) is 23.0. The average Bonchev–Trinajstić information content (AvgIpc) is 3.14. The van der Waals surface area contributed by atoms with Crippen molar-refractivity contribution < 1.29 is 17.9 Å². The van der Waals surface area contributed by atoms with Crippen LogP contribution in [-0.4, -0.2) is 47.7 Å². The first-order chi connectivity index (χ1) is 13.9. The van der Waals surface area contributed by atoms with Crippen molar-refractivity contribution in [3.05, 3.63) is 35.2 Å². The fourth-order valence-corrected chi connectivity index (χ4v) is 4.79. The summed E-state index contributed by atoms with van der Waals surface area (Å²) >= 11 is 1.24. The summed E-state index contributed by atoms with van der Waals surface area (Å²) in [6, 6.07) is 8.90. The van der Waals surface area contributed by atoms with E-state index < -0.39 is 10.0 Å². The molecule has 1 aromatic heterocycles. The molecule has 0 radical (unpaired) electrons. The van der Waals surface area contributed by atoms with Crippen LogP contribution in [-0.2, 0) is 10.0 Å². The molecule has 1 aromatic carbocycles. The summed E-state index contributed by atoms with van der Waals surface area (Å²) in [5.74, 6) is 1.83. The lowest BCUT2D eigenvalue weighted by molar-refractivity contribution is 0.311. The van der Waals surface area contributed by atoms with Gasteiger partial charge in [0.25, 0.3) is 0 Å². The predicted molar refractivity (Wildman–Crippen MR) is 118 cm³/mol. The predicted octanol–water partition coefficient (Wildman–Crippen LogP) is 2.82. The van der Waals surface area contributed by atoms with Crippen LogP contribution in [0.15, 0.2) is 39.5 Å². The van der Waals surface area contributed by atoms with E-state index in [4.69, 9.17) is 9.47 Å². The highest BCUT2D eigenvalue weighted by atomic mass is 32.2. The molecule has 0 saturated carbocycles. The number of aliphatic imine (C=N–C) groups is 1. The number of hydrogen-bond acceptors (Lipinski definition) is 6. The lowest BCUT2D eigenvalue weighted by atomic mass is 10.2. The summed E-state index contributed by atoms with van der Waals surface area (Å²) in [4.78, 5) is 5.38. The highest BCUT2D eigenvalue weighted by Gasteiger charge is 2.15. The zero-order chi connectivity index (χ0) is 21.3. The molecule has 0 spiro atoms. The molecular formula is C19H28N4O4S2. The molecule has 2 rings (SSSR count). The van der Waals surface area contributed by atoms with Crippen LogP contribution in [0.3, 0.4) is 0 Å². The Kier molecular flexibility index (Phi) is 8.74. The highest BCUT2D eigenvalue weighted by Crippen LogP contribution is 2.30. The number of rotatable bonds is 10. The summed E-state index contributed by atoms with van der Waals surface area (Å²) in [6.07, 6.45) is 0. The lowest BCUT2D eigenvalue weighted by Crippen LogP contribution is -2.32. The van der Waals surface area contributed by atoms with Crippen molar-refractivity contribution in [2.75, 3.05) is 38.7 Å². The Morgan fingerprint density at radius 2 is 1.97 bits per heavy atom. The Hall–Kier alpha value is -2.30. The maximum absolute atomic E-state index is 12.3. The van der Waals surface area contributed by atoms with Crippen molar-refractivity contribution in [1.82, 2.24) is 10.0 Å². The van der Waals surface area contributed by atoms with Crippen LogP contribution in [0.4, 0.5) is 5.69 Å². The minimum Gasteiger partial charge on any atom is -0.493 e. The SMILES string of the molecule is CCNC(=NCCNS(=O)(=O)c1ccc(C)s1)Nc1ccc(OCC)c(OC)c1. The summed E-state index contributed by atoms with van der Waals surface area (Å²) < 4.78 is 38.3. The van der Waals surface area contributed by atoms with Crippen molar-refractivity contribution in [1.29, 1.82) is 0 Å². The van der Waals surface area contributed by atoms with Crippen molar-refractivity contribution in [3.63, 3.8) is 0 Å². The van der Waals surface area contributed by atoms with E-state index in [-0.39, 0.29) is 13.1 Å². The van der Waals surface area contributed by atoms with Gasteiger partial charge in [-0.05, 0) is 45.0 Å². The molecule has 2 aromatic rings. The standard InChI is InChI=1S/C19H28N4O4S2/c1-5-20-19(23-15-8-9-16(27-6-2)17(13-15)26-4)21-11-12-22-29(24,25)18-10-7-14(3)28-18/h7-10,13,22H,5-6,11-12H2,1-4H3,(H2,20,21,23). The molecule has 160 valence electrons. The summed E-state index contributed by atoms with van der Waals surface area (Å²) in [7, 11) is -1.91. The first-order valence-electron chi connectivity index (χ1n) is 9.31. The van der Waals surface area contributed by atoms with Gasteiger partial charge in [-0.3, -0.25) is 4.99 Å². The van der Waals surface area contributed by atoms with Gasteiger partial charge in [-0.1, -0.05) is 0 Å². The van der Waals surface area contributed by atoms with Crippen LogP contribution in [0.2, 0.25) is 0 Å². The normalized spacial score (nSPS) is 11.9. The molecule has 0 fully saturated rings. The molecule has 0 bridgehead atoms. The Bertz CT molecular complexity index is 926. The third-order valence-corrected chi connectivity index (χ3v) is 6.68. The van der Waals surface area contributed by atoms with E-state index in [2.05, 4.69) is 20.3 Å². The smallest absolute Gasteiger partial charge is 0.250 e. The second-order valence-corrected chi connectivity index (χ2v) is 9.23. The number of methoxy groups -OCH3 is 1. The molecule has 0 aliphatic heterocycles. The lowest BCUT2D eigenvalue weighted by Gasteiger charge is -2.14. The summed E-state index contributed by atoms with van der Waals surface area (Å²) in [6.45, 7) is 7.44. The minimum absolute atomic E-state index is 0.197. The quantitative estimate of drug-likeness (QED) is 0.298. The molecule has 0 aliphatic carbocycles. The number of ether oxygens (including phenoxy) is 2. The number of benzene rings is 1. The fraction of sp³-hybridized carbons (Fsp3) is 0.421. The van der Waals surface area contributed by atoms with Gasteiger partial charge in [0.05, 0.1) is 20.3 Å². The fourth-order valence-electron chi connectivity index (χ4n) is 2.44. The molecule has 8 nitrogen and oxygen atoms in total. The van der Waals surface area contributed by atoms with Gasteiger partial charge >= 0.3 is 0 Å². The molecule has 0 aliphatic rings. The molecule has 29 heavy (non-hydrogen) atoms. The average molecular weight is 441 g/mol. The third-order valence-electron chi connectivity index (χ3n) is 3.72. The van der Waals surface area contributed by atoms with E-state index in [1.54, 1.807) is 19.2 Å². The number of sulfonamides is 1. The second-order valence-electron chi connectivity index (χ2n) is 5.95. The molecule has 10 heteroatoms. The number of nitrogens with zero attached hydrogens (tertiary/aromatic N) is 1. The number of nitrogens with one attached hydrogen (secondary N) is 3. The largest absolute Gasteiger partial charge is 0.493 e. The van der Waals surface area contributed by atoms with Gasteiger partial charge < -0.3 is 20.1 Å². The Morgan fingerprint density at radius 1 is 1.17 bits per heavy atom.